The number of carbonyl (C=O) groups excluding carboxylic acids is 2. The largest absolute Gasteiger partial charge is 0.444 e. The van der Waals surface area contributed by atoms with E-state index in [1.807, 2.05) is 6.07 Å². The van der Waals surface area contributed by atoms with Crippen LogP contribution in [-0.2, 0) is 19.0 Å². The zero-order chi connectivity index (χ0) is 16.4. The summed E-state index contributed by atoms with van der Waals surface area (Å²) in [5.41, 5.74) is -1.86. The molecule has 2 rings (SSSR count). The van der Waals surface area contributed by atoms with Crippen molar-refractivity contribution >= 4 is 12.1 Å². The molecule has 0 spiro atoms. The maximum Gasteiger partial charge on any atom is 0.410 e. The van der Waals surface area contributed by atoms with Crippen LogP contribution in [0.3, 0.4) is 0 Å². The molecule has 2 fully saturated rings. The maximum atomic E-state index is 11.9. The van der Waals surface area contributed by atoms with Crippen LogP contribution in [0.15, 0.2) is 0 Å². The van der Waals surface area contributed by atoms with E-state index in [1.54, 1.807) is 20.8 Å². The van der Waals surface area contributed by atoms with E-state index < -0.39 is 23.3 Å². The van der Waals surface area contributed by atoms with Gasteiger partial charge < -0.3 is 14.2 Å². The highest BCUT2D eigenvalue weighted by molar-refractivity contribution is 5.73. The second-order valence-corrected chi connectivity index (χ2v) is 6.76. The number of likely N-dealkylation sites (tertiary alicyclic amines) is 1. The first kappa shape index (κ1) is 16.6. The molecule has 0 aromatic carbocycles. The van der Waals surface area contributed by atoms with Gasteiger partial charge in [0.1, 0.15) is 11.7 Å². The lowest BCUT2D eigenvalue weighted by Crippen LogP contribution is -2.65. The Hall–Kier alpha value is -1.81. The minimum atomic E-state index is -1.26. The summed E-state index contributed by atoms with van der Waals surface area (Å²) >= 11 is 0. The van der Waals surface area contributed by atoms with Gasteiger partial charge in [-0.3, -0.25) is 9.69 Å². The number of hydrogen-bond donors (Lipinski definition) is 0. The zero-order valence-corrected chi connectivity index (χ0v) is 13.3. The topological polar surface area (TPSA) is 88.9 Å². The molecule has 0 aromatic heterocycles. The number of ether oxygens (including phenoxy) is 3. The summed E-state index contributed by atoms with van der Waals surface area (Å²) in [6.45, 7) is 6.04. The zero-order valence-electron chi connectivity index (χ0n) is 13.3. The number of hydrogen-bond acceptors (Lipinski definition) is 6. The molecule has 0 radical (unpaired) electrons. The second kappa shape index (κ2) is 6.13. The molecule has 2 saturated heterocycles. The van der Waals surface area contributed by atoms with Gasteiger partial charge in [-0.2, -0.15) is 5.26 Å². The average molecular weight is 310 g/mol. The van der Waals surface area contributed by atoms with Crippen LogP contribution in [0.4, 0.5) is 4.79 Å². The van der Waals surface area contributed by atoms with Crippen LogP contribution in [0.1, 0.15) is 40.0 Å². The van der Waals surface area contributed by atoms with Gasteiger partial charge in [0.15, 0.2) is 0 Å². The number of nitrogens with zero attached hydrogens (tertiary/aromatic N) is 2. The molecule has 0 aliphatic carbocycles. The molecule has 7 nitrogen and oxygen atoms in total. The Balaban J connectivity index is 1.82. The number of carbonyl (C=O) groups is 2. The summed E-state index contributed by atoms with van der Waals surface area (Å²) in [7, 11) is 0. The Kier molecular flexibility index (Phi) is 4.61. The fraction of sp³-hybridized carbons (Fsp3) is 0.800. The predicted octanol–water partition coefficient (Wildman–Crippen LogP) is 1.61. The van der Waals surface area contributed by atoms with E-state index in [2.05, 4.69) is 0 Å². The number of esters is 1. The van der Waals surface area contributed by atoms with Crippen LogP contribution < -0.4 is 0 Å². The van der Waals surface area contributed by atoms with Crippen LogP contribution in [-0.4, -0.2) is 54.0 Å². The van der Waals surface area contributed by atoms with Crippen molar-refractivity contribution in [1.82, 2.24) is 4.90 Å². The smallest absolute Gasteiger partial charge is 0.410 e. The summed E-state index contributed by atoms with van der Waals surface area (Å²) in [6.07, 6.45) is 1.29. The molecule has 7 heteroatoms. The molecule has 0 saturated carbocycles. The molecular weight excluding hydrogens is 288 g/mol. The lowest BCUT2D eigenvalue weighted by molar-refractivity contribution is -0.169. The SMILES string of the molecule is CC(C)(C)OC(=O)N1CC(C#N)(OC(=O)C[C@H]2CCCO2)C1. The summed E-state index contributed by atoms with van der Waals surface area (Å²) in [4.78, 5) is 25.1. The van der Waals surface area contributed by atoms with Crippen molar-refractivity contribution in [2.24, 2.45) is 0 Å². The average Bonchev–Trinajstić information content (AvgIpc) is 2.83. The van der Waals surface area contributed by atoms with Gasteiger partial charge >= 0.3 is 12.1 Å². The Morgan fingerprint density at radius 3 is 2.59 bits per heavy atom. The molecule has 1 atom stereocenters. The Morgan fingerprint density at radius 2 is 2.09 bits per heavy atom. The molecule has 0 bridgehead atoms. The van der Waals surface area contributed by atoms with E-state index in [0.717, 1.165) is 12.8 Å². The van der Waals surface area contributed by atoms with Crippen LogP contribution in [0.5, 0.6) is 0 Å². The van der Waals surface area contributed by atoms with Crippen molar-refractivity contribution in [2.75, 3.05) is 19.7 Å². The molecule has 2 aliphatic rings. The highest BCUT2D eigenvalue weighted by Crippen LogP contribution is 2.28. The molecule has 0 unspecified atom stereocenters. The Labute approximate surface area is 130 Å². The third-order valence-corrected chi connectivity index (χ3v) is 3.48. The Bertz CT molecular complexity index is 479. The van der Waals surface area contributed by atoms with Gasteiger partial charge in [-0.1, -0.05) is 0 Å². The normalized spacial score (nSPS) is 23.4. The summed E-state index contributed by atoms with van der Waals surface area (Å²) in [6, 6.07) is 1.99. The van der Waals surface area contributed by atoms with E-state index in [9.17, 15) is 14.9 Å². The molecule has 2 aliphatic heterocycles. The standard InChI is InChI=1S/C15H22N2O5/c1-14(2,3)22-13(19)17-9-15(8-16,10-17)21-12(18)7-11-5-4-6-20-11/h11H,4-7,9-10H2,1-3H3/t11-/m1/s1. The predicted molar refractivity (Wildman–Crippen MR) is 75.8 cm³/mol. The summed E-state index contributed by atoms with van der Waals surface area (Å²) in [5, 5.41) is 9.24. The number of rotatable bonds is 3. The lowest BCUT2D eigenvalue weighted by atomic mass is 9.96. The van der Waals surface area contributed by atoms with Gasteiger partial charge in [0, 0.05) is 6.61 Å². The van der Waals surface area contributed by atoms with Crippen molar-refractivity contribution in [1.29, 1.82) is 5.26 Å². The van der Waals surface area contributed by atoms with Crippen molar-refractivity contribution < 1.29 is 23.8 Å². The van der Waals surface area contributed by atoms with Crippen LogP contribution in [0.2, 0.25) is 0 Å². The maximum absolute atomic E-state index is 11.9. The van der Waals surface area contributed by atoms with E-state index in [4.69, 9.17) is 14.2 Å². The van der Waals surface area contributed by atoms with Crippen LogP contribution >= 0.6 is 0 Å². The fourth-order valence-corrected chi connectivity index (χ4v) is 2.43. The van der Waals surface area contributed by atoms with Gasteiger partial charge in [0.05, 0.1) is 25.6 Å². The van der Waals surface area contributed by atoms with Crippen LogP contribution in [0.25, 0.3) is 0 Å². The van der Waals surface area contributed by atoms with E-state index in [-0.39, 0.29) is 25.6 Å². The summed E-state index contributed by atoms with van der Waals surface area (Å²) < 4.78 is 15.8. The Morgan fingerprint density at radius 1 is 1.41 bits per heavy atom. The van der Waals surface area contributed by atoms with Gasteiger partial charge in [0.25, 0.3) is 0 Å². The van der Waals surface area contributed by atoms with Crippen molar-refractivity contribution in [3.63, 3.8) is 0 Å². The first-order valence-electron chi connectivity index (χ1n) is 7.46. The molecule has 122 valence electrons. The molecular formula is C15H22N2O5. The first-order chi connectivity index (χ1) is 10.2. The molecule has 2 heterocycles. The number of amides is 1. The van der Waals surface area contributed by atoms with Gasteiger partial charge in [-0.05, 0) is 33.6 Å². The first-order valence-corrected chi connectivity index (χ1v) is 7.46. The van der Waals surface area contributed by atoms with E-state index in [1.165, 1.54) is 4.90 Å². The fourth-order valence-electron chi connectivity index (χ4n) is 2.43. The second-order valence-electron chi connectivity index (χ2n) is 6.76. The minimum Gasteiger partial charge on any atom is -0.444 e. The molecule has 0 N–H and O–H groups in total. The van der Waals surface area contributed by atoms with Gasteiger partial charge in [-0.25, -0.2) is 4.79 Å². The van der Waals surface area contributed by atoms with E-state index in [0.29, 0.717) is 6.61 Å². The monoisotopic (exact) mass is 310 g/mol. The van der Waals surface area contributed by atoms with Crippen LogP contribution in [0, 0.1) is 11.3 Å². The van der Waals surface area contributed by atoms with Crippen molar-refractivity contribution in [3.8, 4) is 6.07 Å². The third kappa shape index (κ3) is 4.10. The molecule has 22 heavy (non-hydrogen) atoms. The minimum absolute atomic E-state index is 0.0374. The van der Waals surface area contributed by atoms with Crippen molar-refractivity contribution in [2.45, 2.75) is 57.3 Å². The van der Waals surface area contributed by atoms with E-state index >= 15 is 0 Å². The third-order valence-electron chi connectivity index (χ3n) is 3.48. The van der Waals surface area contributed by atoms with Gasteiger partial charge in [0.2, 0.25) is 5.60 Å². The highest BCUT2D eigenvalue weighted by atomic mass is 16.6. The molecule has 0 aromatic rings. The highest BCUT2D eigenvalue weighted by Gasteiger charge is 2.50. The number of nitriles is 1. The lowest BCUT2D eigenvalue weighted by Gasteiger charge is -2.44. The van der Waals surface area contributed by atoms with Crippen molar-refractivity contribution in [3.05, 3.63) is 0 Å². The quantitative estimate of drug-likeness (QED) is 0.736. The molecule has 1 amide bonds. The van der Waals surface area contributed by atoms with Gasteiger partial charge in [-0.15, -0.1) is 0 Å². The summed E-state index contributed by atoms with van der Waals surface area (Å²) in [5.74, 6) is -0.461.